The lowest BCUT2D eigenvalue weighted by atomic mass is 9.97. The molecule has 0 bridgehead atoms. The largest absolute Gasteiger partial charge is 0.493 e. The third-order valence-corrected chi connectivity index (χ3v) is 4.51. The summed E-state index contributed by atoms with van der Waals surface area (Å²) in [4.78, 5) is 2.58. The van der Waals surface area contributed by atoms with Gasteiger partial charge in [0.2, 0.25) is 0 Å². The van der Waals surface area contributed by atoms with Gasteiger partial charge in [0.15, 0.2) is 0 Å². The van der Waals surface area contributed by atoms with Crippen molar-refractivity contribution in [3.8, 4) is 5.75 Å². The molecule has 0 aromatic heterocycles. The van der Waals surface area contributed by atoms with Crippen LogP contribution in [-0.2, 0) is 12.8 Å². The average molecular weight is 260 g/mol. The number of benzene rings is 1. The van der Waals surface area contributed by atoms with Crippen LogP contribution in [-0.4, -0.2) is 37.7 Å². The average Bonchev–Trinajstić information content (AvgIpc) is 2.93. The van der Waals surface area contributed by atoms with E-state index in [-0.39, 0.29) is 0 Å². The minimum absolute atomic E-state index is 0.758. The number of ether oxygens (including phenoxy) is 1. The van der Waals surface area contributed by atoms with Crippen molar-refractivity contribution in [2.75, 3.05) is 32.8 Å². The second kappa shape index (κ2) is 5.93. The Kier molecular flexibility index (Phi) is 4.04. The van der Waals surface area contributed by atoms with Crippen LogP contribution < -0.4 is 10.5 Å². The highest BCUT2D eigenvalue weighted by Gasteiger charge is 2.18. The van der Waals surface area contributed by atoms with Crippen molar-refractivity contribution in [1.82, 2.24) is 4.90 Å². The SMILES string of the molecule is NCC1CCN(CCc2ccc3c(c2)CCO3)CC1. The van der Waals surface area contributed by atoms with Crippen LogP contribution in [0.1, 0.15) is 24.0 Å². The molecule has 1 aromatic rings. The first-order chi connectivity index (χ1) is 9.35. The smallest absolute Gasteiger partial charge is 0.122 e. The fourth-order valence-electron chi connectivity index (χ4n) is 3.13. The molecule has 0 aliphatic carbocycles. The van der Waals surface area contributed by atoms with E-state index in [0.717, 1.165) is 37.7 Å². The fraction of sp³-hybridized carbons (Fsp3) is 0.625. The number of hydrogen-bond donors (Lipinski definition) is 1. The molecule has 3 nitrogen and oxygen atoms in total. The van der Waals surface area contributed by atoms with Gasteiger partial charge >= 0.3 is 0 Å². The summed E-state index contributed by atoms with van der Waals surface area (Å²) >= 11 is 0. The fourth-order valence-corrected chi connectivity index (χ4v) is 3.13. The maximum absolute atomic E-state index is 5.74. The zero-order valence-electron chi connectivity index (χ0n) is 11.6. The number of piperidine rings is 1. The van der Waals surface area contributed by atoms with Crippen molar-refractivity contribution in [1.29, 1.82) is 0 Å². The van der Waals surface area contributed by atoms with Crippen molar-refractivity contribution in [3.05, 3.63) is 29.3 Å². The molecule has 0 spiro atoms. The maximum Gasteiger partial charge on any atom is 0.122 e. The van der Waals surface area contributed by atoms with Gasteiger partial charge in [0.25, 0.3) is 0 Å². The summed E-state index contributed by atoms with van der Waals surface area (Å²) in [5, 5.41) is 0. The highest BCUT2D eigenvalue weighted by Crippen LogP contribution is 2.26. The Bertz CT molecular complexity index is 425. The molecule has 2 aliphatic heterocycles. The number of likely N-dealkylation sites (tertiary alicyclic amines) is 1. The molecule has 0 atom stereocenters. The first-order valence-corrected chi connectivity index (χ1v) is 7.52. The third-order valence-electron chi connectivity index (χ3n) is 4.51. The van der Waals surface area contributed by atoms with Crippen LogP contribution in [0.15, 0.2) is 18.2 Å². The lowest BCUT2D eigenvalue weighted by Crippen LogP contribution is -2.37. The lowest BCUT2D eigenvalue weighted by molar-refractivity contribution is 0.189. The van der Waals surface area contributed by atoms with E-state index < -0.39 is 0 Å². The zero-order valence-corrected chi connectivity index (χ0v) is 11.6. The number of nitrogens with two attached hydrogens (primary N) is 1. The van der Waals surface area contributed by atoms with Gasteiger partial charge in [0, 0.05) is 13.0 Å². The molecule has 2 heterocycles. The monoisotopic (exact) mass is 260 g/mol. The van der Waals surface area contributed by atoms with Gasteiger partial charge in [0.05, 0.1) is 6.61 Å². The molecule has 3 heteroatoms. The minimum Gasteiger partial charge on any atom is -0.493 e. The van der Waals surface area contributed by atoms with Crippen molar-refractivity contribution in [2.24, 2.45) is 11.7 Å². The van der Waals surface area contributed by atoms with Crippen LogP contribution in [0.2, 0.25) is 0 Å². The number of fused-ring (bicyclic) bond motifs is 1. The van der Waals surface area contributed by atoms with E-state index in [0.29, 0.717) is 0 Å². The van der Waals surface area contributed by atoms with Gasteiger partial charge in [0.1, 0.15) is 5.75 Å². The molecular weight excluding hydrogens is 236 g/mol. The molecule has 3 rings (SSSR count). The first-order valence-electron chi connectivity index (χ1n) is 7.52. The highest BCUT2D eigenvalue weighted by molar-refractivity contribution is 5.39. The Balaban J connectivity index is 1.50. The Morgan fingerprint density at radius 3 is 2.89 bits per heavy atom. The van der Waals surface area contributed by atoms with Gasteiger partial charge in [-0.05, 0) is 62.0 Å². The second-order valence-electron chi connectivity index (χ2n) is 5.81. The van der Waals surface area contributed by atoms with E-state index in [1.54, 1.807) is 0 Å². The van der Waals surface area contributed by atoms with E-state index >= 15 is 0 Å². The molecule has 1 saturated heterocycles. The Labute approximate surface area is 115 Å². The lowest BCUT2D eigenvalue weighted by Gasteiger charge is -2.31. The van der Waals surface area contributed by atoms with Gasteiger partial charge in [-0.15, -0.1) is 0 Å². The van der Waals surface area contributed by atoms with Crippen molar-refractivity contribution < 1.29 is 4.74 Å². The predicted molar refractivity (Wildman–Crippen MR) is 77.6 cm³/mol. The molecule has 0 saturated carbocycles. The summed E-state index contributed by atoms with van der Waals surface area (Å²) < 4.78 is 5.55. The topological polar surface area (TPSA) is 38.5 Å². The molecule has 1 fully saturated rings. The number of nitrogens with zero attached hydrogens (tertiary/aromatic N) is 1. The van der Waals surface area contributed by atoms with Gasteiger partial charge in [-0.3, -0.25) is 0 Å². The number of hydrogen-bond acceptors (Lipinski definition) is 3. The van der Waals surface area contributed by atoms with Gasteiger partial charge in [-0.25, -0.2) is 0 Å². The molecule has 104 valence electrons. The minimum atomic E-state index is 0.758. The van der Waals surface area contributed by atoms with Gasteiger partial charge in [-0.2, -0.15) is 0 Å². The Hall–Kier alpha value is -1.06. The molecule has 1 aromatic carbocycles. The molecule has 19 heavy (non-hydrogen) atoms. The molecule has 0 radical (unpaired) electrons. The summed E-state index contributed by atoms with van der Waals surface area (Å²) in [6.07, 6.45) is 4.77. The number of rotatable bonds is 4. The van der Waals surface area contributed by atoms with Crippen LogP contribution in [0.3, 0.4) is 0 Å². The van der Waals surface area contributed by atoms with Crippen LogP contribution in [0.25, 0.3) is 0 Å². The third kappa shape index (κ3) is 3.10. The van der Waals surface area contributed by atoms with Crippen molar-refractivity contribution in [2.45, 2.75) is 25.7 Å². The van der Waals surface area contributed by atoms with E-state index in [9.17, 15) is 0 Å². The van der Waals surface area contributed by atoms with Crippen molar-refractivity contribution >= 4 is 0 Å². The van der Waals surface area contributed by atoms with Crippen molar-refractivity contribution in [3.63, 3.8) is 0 Å². The Morgan fingerprint density at radius 1 is 1.26 bits per heavy atom. The molecular formula is C16H24N2O. The molecule has 2 N–H and O–H groups in total. The zero-order chi connectivity index (χ0) is 13.1. The van der Waals surface area contributed by atoms with Crippen LogP contribution in [0.4, 0.5) is 0 Å². The summed E-state index contributed by atoms with van der Waals surface area (Å²) in [6, 6.07) is 6.68. The summed E-state index contributed by atoms with van der Waals surface area (Å²) in [6.45, 7) is 5.33. The van der Waals surface area contributed by atoms with E-state index in [1.807, 2.05) is 0 Å². The standard InChI is InChI=1S/C16H24N2O/c17-12-14-4-8-18(9-5-14)7-3-13-1-2-16-15(11-13)6-10-19-16/h1-2,11,14H,3-10,12,17H2. The predicted octanol–water partition coefficient (Wildman–Crippen LogP) is 1.83. The second-order valence-corrected chi connectivity index (χ2v) is 5.81. The molecule has 0 unspecified atom stereocenters. The van der Waals surface area contributed by atoms with Crippen LogP contribution in [0.5, 0.6) is 5.75 Å². The summed E-state index contributed by atoms with van der Waals surface area (Å²) in [7, 11) is 0. The highest BCUT2D eigenvalue weighted by atomic mass is 16.5. The summed E-state index contributed by atoms with van der Waals surface area (Å²) in [5.41, 5.74) is 8.57. The first kappa shape index (κ1) is 12.9. The molecule has 2 aliphatic rings. The van der Waals surface area contributed by atoms with E-state index in [2.05, 4.69) is 23.1 Å². The maximum atomic E-state index is 5.74. The normalized spacial score (nSPS) is 20.3. The Morgan fingerprint density at radius 2 is 2.11 bits per heavy atom. The van der Waals surface area contributed by atoms with Crippen LogP contribution >= 0.6 is 0 Å². The quantitative estimate of drug-likeness (QED) is 0.897. The van der Waals surface area contributed by atoms with E-state index in [1.165, 1.54) is 43.6 Å². The van der Waals surface area contributed by atoms with Gasteiger partial charge in [-0.1, -0.05) is 12.1 Å². The summed E-state index contributed by atoms with van der Waals surface area (Å²) in [5.74, 6) is 1.85. The van der Waals surface area contributed by atoms with Gasteiger partial charge < -0.3 is 15.4 Å². The molecule has 0 amide bonds. The van der Waals surface area contributed by atoms with Crippen LogP contribution in [0, 0.1) is 5.92 Å². The van der Waals surface area contributed by atoms with E-state index in [4.69, 9.17) is 10.5 Å².